The molecule has 1 aromatic heterocycles. The number of Topliss-reactive ketones (excluding diaryl/α,β-unsaturated/α-hetero) is 1. The van der Waals surface area contributed by atoms with Crippen LogP contribution >= 0.6 is 39.0 Å². The summed E-state index contributed by atoms with van der Waals surface area (Å²) in [6.07, 6.45) is 3.43. The van der Waals surface area contributed by atoms with Crippen molar-refractivity contribution in [3.8, 4) is 11.5 Å². The number of nitrogens with one attached hydrogen (secondary N) is 1. The van der Waals surface area contributed by atoms with E-state index in [1.165, 1.54) is 23.1 Å². The number of thiazole rings is 1. The molecule has 3 heterocycles. The summed E-state index contributed by atoms with van der Waals surface area (Å²) in [4.78, 5) is 17.3. The van der Waals surface area contributed by atoms with Crippen LogP contribution in [0.4, 0.5) is 0 Å². The zero-order valence-electron chi connectivity index (χ0n) is 11.5. The number of hydrogen-bond acceptors (Lipinski definition) is 7. The smallest absolute Gasteiger partial charge is 0.231 e. The van der Waals surface area contributed by atoms with E-state index in [9.17, 15) is 4.79 Å². The third-order valence-corrected chi connectivity index (χ3v) is 5.99. The van der Waals surface area contributed by atoms with E-state index in [0.717, 1.165) is 10.0 Å². The third-order valence-electron chi connectivity index (χ3n) is 3.46. The number of thioether (sulfide) groups is 1. The summed E-state index contributed by atoms with van der Waals surface area (Å²) < 4.78 is 11.5. The molecule has 0 amide bonds. The van der Waals surface area contributed by atoms with Crippen molar-refractivity contribution in [2.45, 2.75) is 5.92 Å². The molecule has 2 aromatic rings. The number of carbonyl (C=O) groups is 1. The van der Waals surface area contributed by atoms with Crippen LogP contribution in [0.3, 0.4) is 0 Å². The molecule has 8 heteroatoms. The minimum Gasteiger partial charge on any atom is -0.454 e. The summed E-state index contributed by atoms with van der Waals surface area (Å²) in [6.45, 7) is 0.201. The lowest BCUT2D eigenvalue weighted by atomic mass is 10.0. The second-order valence-corrected chi connectivity index (χ2v) is 7.73. The molecule has 23 heavy (non-hydrogen) atoms. The summed E-state index contributed by atoms with van der Waals surface area (Å²) in [6, 6.07) is 3.65. The Morgan fingerprint density at radius 1 is 1.35 bits per heavy atom. The molecule has 1 saturated heterocycles. The average Bonchev–Trinajstić information content (AvgIpc) is 3.22. The first kappa shape index (κ1) is 14.9. The summed E-state index contributed by atoms with van der Waals surface area (Å²) in [5.74, 6) is 0.679. The summed E-state index contributed by atoms with van der Waals surface area (Å²) in [5.41, 5.74) is 0.817. The Kier molecular flexibility index (Phi) is 3.74. The van der Waals surface area contributed by atoms with Gasteiger partial charge in [0.05, 0.1) is 9.95 Å². The number of ketones is 1. The summed E-state index contributed by atoms with van der Waals surface area (Å²) in [7, 11) is 0. The molecule has 0 saturated carbocycles. The van der Waals surface area contributed by atoms with Gasteiger partial charge < -0.3 is 9.47 Å². The minimum atomic E-state index is -0.570. The number of aromatic nitrogens is 1. The van der Waals surface area contributed by atoms with E-state index in [1.54, 1.807) is 12.3 Å². The van der Waals surface area contributed by atoms with Crippen LogP contribution in [0.1, 0.15) is 16.5 Å². The van der Waals surface area contributed by atoms with Gasteiger partial charge in [0.1, 0.15) is 10.9 Å². The largest absolute Gasteiger partial charge is 0.454 e. The molecule has 0 radical (unpaired) electrons. The molecule has 1 aromatic carbocycles. The number of rotatable bonds is 2. The van der Waals surface area contributed by atoms with Crippen molar-refractivity contribution in [2.75, 3.05) is 6.79 Å². The molecule has 2 aliphatic rings. The van der Waals surface area contributed by atoms with Crippen LogP contribution in [0, 0.1) is 5.41 Å². The molecule has 0 bridgehead atoms. The van der Waals surface area contributed by atoms with Crippen LogP contribution in [-0.2, 0) is 4.79 Å². The first-order chi connectivity index (χ1) is 11.1. The Morgan fingerprint density at radius 3 is 2.87 bits per heavy atom. The number of halogens is 1. The minimum absolute atomic E-state index is 0.0838. The molecule has 116 valence electrons. The Bertz CT molecular complexity index is 849. The number of ether oxygens (including phenoxy) is 2. The van der Waals surface area contributed by atoms with Crippen molar-refractivity contribution in [2.24, 2.45) is 0 Å². The van der Waals surface area contributed by atoms with E-state index in [1.807, 2.05) is 17.5 Å². The van der Waals surface area contributed by atoms with E-state index in [0.29, 0.717) is 26.5 Å². The van der Waals surface area contributed by atoms with E-state index in [4.69, 9.17) is 14.9 Å². The highest BCUT2D eigenvalue weighted by atomic mass is 79.9. The standard InChI is InChI=1S/C15H9BrN2O3S2/c16-8-5-10-9(20-6-21-10)3-7(8)4-11-13(19)12(14(17)23-11)15-18-1-2-22-15/h1-5,12,17H,6H2/b11-4-,17-14?/t12-/m0/s1. The predicted molar refractivity (Wildman–Crippen MR) is 93.4 cm³/mol. The van der Waals surface area contributed by atoms with Gasteiger partial charge in [-0.2, -0.15) is 0 Å². The van der Waals surface area contributed by atoms with Crippen molar-refractivity contribution in [1.82, 2.24) is 4.98 Å². The zero-order chi connectivity index (χ0) is 16.0. The fourth-order valence-electron chi connectivity index (χ4n) is 2.38. The van der Waals surface area contributed by atoms with Crippen LogP contribution in [-0.4, -0.2) is 22.6 Å². The molecule has 0 spiro atoms. The van der Waals surface area contributed by atoms with Gasteiger partial charge in [-0.3, -0.25) is 10.2 Å². The van der Waals surface area contributed by atoms with Crippen LogP contribution in [0.15, 0.2) is 33.1 Å². The lowest BCUT2D eigenvalue weighted by Crippen LogP contribution is -2.11. The lowest BCUT2D eigenvalue weighted by Gasteiger charge is -2.03. The van der Waals surface area contributed by atoms with Gasteiger partial charge in [0.25, 0.3) is 0 Å². The molecular formula is C15H9BrN2O3S2. The third kappa shape index (κ3) is 2.60. The highest BCUT2D eigenvalue weighted by Gasteiger charge is 2.38. The van der Waals surface area contributed by atoms with Gasteiger partial charge in [-0.1, -0.05) is 27.7 Å². The zero-order valence-corrected chi connectivity index (χ0v) is 14.8. The normalized spacial score (nSPS) is 21.4. The average molecular weight is 409 g/mol. The van der Waals surface area contributed by atoms with Gasteiger partial charge >= 0.3 is 0 Å². The molecule has 0 aliphatic carbocycles. The second kappa shape index (κ2) is 5.77. The molecule has 5 nitrogen and oxygen atoms in total. The molecular weight excluding hydrogens is 400 g/mol. The number of benzene rings is 1. The van der Waals surface area contributed by atoms with E-state index >= 15 is 0 Å². The first-order valence-corrected chi connectivity index (χ1v) is 9.13. The molecule has 1 N–H and O–H groups in total. The molecule has 1 fully saturated rings. The number of hydrogen-bond donors (Lipinski definition) is 1. The Hall–Kier alpha value is -1.64. The van der Waals surface area contributed by atoms with E-state index in [-0.39, 0.29) is 12.6 Å². The molecule has 2 aliphatic heterocycles. The van der Waals surface area contributed by atoms with Crippen molar-refractivity contribution in [3.63, 3.8) is 0 Å². The van der Waals surface area contributed by atoms with Crippen molar-refractivity contribution < 1.29 is 14.3 Å². The molecule has 4 rings (SSSR count). The Labute approximate surface area is 148 Å². The lowest BCUT2D eigenvalue weighted by molar-refractivity contribution is -0.114. The van der Waals surface area contributed by atoms with Crippen molar-refractivity contribution in [3.05, 3.63) is 43.7 Å². The van der Waals surface area contributed by atoms with Crippen LogP contribution < -0.4 is 9.47 Å². The van der Waals surface area contributed by atoms with Crippen molar-refractivity contribution >= 4 is 55.9 Å². The van der Waals surface area contributed by atoms with Crippen molar-refractivity contribution in [1.29, 1.82) is 5.41 Å². The van der Waals surface area contributed by atoms with Gasteiger partial charge in [-0.25, -0.2) is 4.98 Å². The van der Waals surface area contributed by atoms with Gasteiger partial charge in [0, 0.05) is 16.0 Å². The maximum Gasteiger partial charge on any atom is 0.231 e. The summed E-state index contributed by atoms with van der Waals surface area (Å²) >= 11 is 6.06. The van der Waals surface area contributed by atoms with Gasteiger partial charge in [-0.15, -0.1) is 11.3 Å². The number of nitrogens with zero attached hydrogens (tertiary/aromatic N) is 1. The predicted octanol–water partition coefficient (Wildman–Crippen LogP) is 4.05. The van der Waals surface area contributed by atoms with Crippen LogP contribution in [0.25, 0.3) is 6.08 Å². The number of allylic oxidation sites excluding steroid dienone is 1. The van der Waals surface area contributed by atoms with E-state index < -0.39 is 5.92 Å². The quantitative estimate of drug-likeness (QED) is 0.758. The fraction of sp³-hybridized carbons (Fsp3) is 0.133. The Morgan fingerprint density at radius 2 is 2.13 bits per heavy atom. The van der Waals surface area contributed by atoms with Gasteiger partial charge in [0.15, 0.2) is 17.3 Å². The maximum absolute atomic E-state index is 12.6. The highest BCUT2D eigenvalue weighted by molar-refractivity contribution is 9.10. The molecule has 0 unspecified atom stereocenters. The summed E-state index contributed by atoms with van der Waals surface area (Å²) in [5, 5.41) is 10.9. The van der Waals surface area contributed by atoms with Gasteiger partial charge in [0.2, 0.25) is 6.79 Å². The van der Waals surface area contributed by atoms with Gasteiger partial charge in [-0.05, 0) is 23.8 Å². The SMILES string of the molecule is N=C1S/C(=C\c2cc3c(cc2Br)OCO3)C(=O)[C@@H]1c1nccs1. The Balaban J connectivity index is 1.70. The highest BCUT2D eigenvalue weighted by Crippen LogP contribution is 2.43. The van der Waals surface area contributed by atoms with E-state index in [2.05, 4.69) is 20.9 Å². The van der Waals surface area contributed by atoms with Crippen LogP contribution in [0.5, 0.6) is 11.5 Å². The monoisotopic (exact) mass is 408 g/mol. The second-order valence-electron chi connectivity index (χ2n) is 4.87. The fourth-order valence-corrected chi connectivity index (χ4v) is 4.61. The number of fused-ring (bicyclic) bond motifs is 1. The number of carbonyl (C=O) groups excluding carboxylic acids is 1. The first-order valence-electron chi connectivity index (χ1n) is 6.64. The molecule has 1 atom stereocenters. The topological polar surface area (TPSA) is 72.3 Å². The van der Waals surface area contributed by atoms with Crippen LogP contribution in [0.2, 0.25) is 0 Å². The maximum atomic E-state index is 12.6.